The number of benzene rings is 2. The maximum Gasteiger partial charge on any atom is 0.228 e. The van der Waals surface area contributed by atoms with Crippen molar-refractivity contribution in [2.45, 2.75) is 31.2 Å². The highest BCUT2D eigenvalue weighted by atomic mass is 16.2. The molecule has 5 heteroatoms. The molecule has 1 saturated heterocycles. The largest absolute Gasteiger partial charge is 0.354 e. The Hall–Kier alpha value is -2.66. The number of anilines is 1. The molecule has 2 atom stereocenters. The molecule has 0 aliphatic carbocycles. The minimum Gasteiger partial charge on any atom is -0.354 e. The van der Waals surface area contributed by atoms with Gasteiger partial charge in [0.25, 0.3) is 0 Å². The molecule has 0 saturated carbocycles. The highest BCUT2D eigenvalue weighted by Gasteiger charge is 2.31. The van der Waals surface area contributed by atoms with Gasteiger partial charge in [0, 0.05) is 18.7 Å². The number of hydrogen-bond donors (Lipinski definition) is 2. The van der Waals surface area contributed by atoms with E-state index >= 15 is 0 Å². The number of carbonyl (C=O) groups excluding carboxylic acids is 2. The highest BCUT2D eigenvalue weighted by molar-refractivity contribution is 6.01. The molecule has 1 fully saturated rings. The summed E-state index contributed by atoms with van der Waals surface area (Å²) in [6.07, 6.45) is 2.60. The minimum absolute atomic E-state index is 0.0718. The van der Waals surface area contributed by atoms with Crippen LogP contribution in [-0.4, -0.2) is 36.3 Å². The number of likely N-dealkylation sites (tertiary alicyclic amines) is 1. The molecule has 0 bridgehead atoms. The summed E-state index contributed by atoms with van der Waals surface area (Å²) < 4.78 is 0. The van der Waals surface area contributed by atoms with Gasteiger partial charge in [-0.05, 0) is 43.1 Å². The molecule has 2 aromatic rings. The van der Waals surface area contributed by atoms with Crippen LogP contribution in [0.15, 0.2) is 54.6 Å². The molecule has 2 amide bonds. The third kappa shape index (κ3) is 3.88. The molecule has 0 aromatic heterocycles. The van der Waals surface area contributed by atoms with Gasteiger partial charge in [0.2, 0.25) is 11.8 Å². The van der Waals surface area contributed by atoms with E-state index in [9.17, 15) is 9.59 Å². The van der Waals surface area contributed by atoms with Crippen LogP contribution in [0.3, 0.4) is 0 Å². The van der Waals surface area contributed by atoms with Crippen LogP contribution >= 0.6 is 0 Å². The fraction of sp³-hybridized carbons (Fsp3) is 0.364. The van der Waals surface area contributed by atoms with Gasteiger partial charge in [-0.25, -0.2) is 0 Å². The van der Waals surface area contributed by atoms with Crippen LogP contribution in [0.4, 0.5) is 5.69 Å². The summed E-state index contributed by atoms with van der Waals surface area (Å²) in [5, 5.41) is 5.98. The molecule has 2 heterocycles. The first-order chi connectivity index (χ1) is 13.2. The molecule has 140 valence electrons. The predicted molar refractivity (Wildman–Crippen MR) is 105 cm³/mol. The zero-order valence-corrected chi connectivity index (χ0v) is 15.4. The zero-order valence-electron chi connectivity index (χ0n) is 15.4. The summed E-state index contributed by atoms with van der Waals surface area (Å²) >= 11 is 0. The van der Waals surface area contributed by atoms with Crippen LogP contribution in [0.1, 0.15) is 42.3 Å². The average molecular weight is 363 g/mol. The van der Waals surface area contributed by atoms with Crippen molar-refractivity contribution < 1.29 is 9.59 Å². The molecular formula is C22H25N3O2. The van der Waals surface area contributed by atoms with Gasteiger partial charge in [-0.1, -0.05) is 48.5 Å². The van der Waals surface area contributed by atoms with Gasteiger partial charge in [-0.3, -0.25) is 14.5 Å². The second-order valence-corrected chi connectivity index (χ2v) is 7.31. The Kier molecular flexibility index (Phi) is 5.21. The molecule has 2 aliphatic rings. The number of para-hydroxylation sites is 1. The molecule has 27 heavy (non-hydrogen) atoms. The normalized spacial score (nSPS) is 20.6. The SMILES string of the molecule is O=C1CC(C(=O)NCC(c2ccccc2)N2CCCC2)c2ccccc2N1. The second kappa shape index (κ2) is 7.92. The lowest BCUT2D eigenvalue weighted by molar-refractivity contribution is -0.126. The molecule has 4 rings (SSSR count). The number of nitrogens with zero attached hydrogens (tertiary/aromatic N) is 1. The Labute approximate surface area is 159 Å². The Morgan fingerprint density at radius 2 is 1.78 bits per heavy atom. The monoisotopic (exact) mass is 363 g/mol. The van der Waals surface area contributed by atoms with Crippen molar-refractivity contribution in [3.05, 3.63) is 65.7 Å². The van der Waals surface area contributed by atoms with Gasteiger partial charge < -0.3 is 10.6 Å². The van der Waals surface area contributed by atoms with Gasteiger partial charge in [-0.15, -0.1) is 0 Å². The van der Waals surface area contributed by atoms with Crippen LogP contribution in [-0.2, 0) is 9.59 Å². The van der Waals surface area contributed by atoms with E-state index < -0.39 is 5.92 Å². The van der Waals surface area contributed by atoms with Gasteiger partial charge in [-0.2, -0.15) is 0 Å². The standard InChI is InChI=1S/C22H25N3O2/c26-21-14-18(17-10-4-5-11-19(17)24-21)22(27)23-15-20(25-12-6-7-13-25)16-8-2-1-3-9-16/h1-5,8-11,18,20H,6-7,12-15H2,(H,23,27)(H,24,26). The lowest BCUT2D eigenvalue weighted by Gasteiger charge is -2.30. The van der Waals surface area contributed by atoms with Crippen LogP contribution in [0.2, 0.25) is 0 Å². The van der Waals surface area contributed by atoms with Crippen molar-refractivity contribution in [3.8, 4) is 0 Å². The Morgan fingerprint density at radius 3 is 2.56 bits per heavy atom. The Morgan fingerprint density at radius 1 is 1.07 bits per heavy atom. The molecule has 2 N–H and O–H groups in total. The van der Waals surface area contributed by atoms with E-state index in [4.69, 9.17) is 0 Å². The summed E-state index contributed by atoms with van der Waals surface area (Å²) in [4.78, 5) is 27.4. The van der Waals surface area contributed by atoms with Crippen molar-refractivity contribution in [1.82, 2.24) is 10.2 Å². The third-order valence-electron chi connectivity index (χ3n) is 5.55. The van der Waals surface area contributed by atoms with Crippen molar-refractivity contribution in [3.63, 3.8) is 0 Å². The Balaban J connectivity index is 1.49. The summed E-state index contributed by atoms with van der Waals surface area (Å²) in [5.41, 5.74) is 2.86. The van der Waals surface area contributed by atoms with E-state index in [0.717, 1.165) is 24.3 Å². The van der Waals surface area contributed by atoms with Crippen LogP contribution in [0, 0.1) is 0 Å². The zero-order chi connectivity index (χ0) is 18.6. The Bertz CT molecular complexity index is 815. The smallest absolute Gasteiger partial charge is 0.228 e. The van der Waals surface area contributed by atoms with Crippen molar-refractivity contribution in [1.29, 1.82) is 0 Å². The van der Waals surface area contributed by atoms with E-state index in [0.29, 0.717) is 6.54 Å². The van der Waals surface area contributed by atoms with Gasteiger partial charge in [0.15, 0.2) is 0 Å². The van der Waals surface area contributed by atoms with Crippen molar-refractivity contribution in [2.75, 3.05) is 25.0 Å². The predicted octanol–water partition coefficient (Wildman–Crippen LogP) is 3.07. The minimum atomic E-state index is -0.426. The van der Waals surface area contributed by atoms with Crippen LogP contribution in [0.25, 0.3) is 0 Å². The molecule has 5 nitrogen and oxygen atoms in total. The van der Waals surface area contributed by atoms with E-state index in [1.807, 2.05) is 42.5 Å². The van der Waals surface area contributed by atoms with E-state index in [2.05, 4.69) is 27.7 Å². The van der Waals surface area contributed by atoms with E-state index in [1.165, 1.54) is 18.4 Å². The van der Waals surface area contributed by atoms with Crippen LogP contribution in [0.5, 0.6) is 0 Å². The van der Waals surface area contributed by atoms with Crippen molar-refractivity contribution >= 4 is 17.5 Å². The fourth-order valence-corrected chi connectivity index (χ4v) is 4.15. The maximum atomic E-state index is 12.9. The van der Waals surface area contributed by atoms with E-state index in [-0.39, 0.29) is 24.3 Å². The molecule has 2 aromatic carbocycles. The van der Waals surface area contributed by atoms with E-state index in [1.54, 1.807) is 0 Å². The van der Waals surface area contributed by atoms with Crippen molar-refractivity contribution in [2.24, 2.45) is 0 Å². The van der Waals surface area contributed by atoms with Gasteiger partial charge in [0.1, 0.15) is 0 Å². The average Bonchev–Trinajstić information content (AvgIpc) is 3.22. The summed E-state index contributed by atoms with van der Waals surface area (Å²) in [6, 6.07) is 18.1. The first kappa shape index (κ1) is 17.7. The van der Waals surface area contributed by atoms with Gasteiger partial charge in [0.05, 0.1) is 12.0 Å². The fourth-order valence-electron chi connectivity index (χ4n) is 4.15. The molecule has 0 radical (unpaired) electrons. The molecule has 2 unspecified atom stereocenters. The molecule has 2 aliphatic heterocycles. The maximum absolute atomic E-state index is 12.9. The number of amides is 2. The first-order valence-electron chi connectivity index (χ1n) is 9.68. The molecule has 0 spiro atoms. The number of rotatable bonds is 5. The number of hydrogen-bond acceptors (Lipinski definition) is 3. The second-order valence-electron chi connectivity index (χ2n) is 7.31. The lowest BCUT2D eigenvalue weighted by Crippen LogP contribution is -2.40. The molecular weight excluding hydrogens is 338 g/mol. The number of carbonyl (C=O) groups is 2. The quantitative estimate of drug-likeness (QED) is 0.858. The third-order valence-corrected chi connectivity index (χ3v) is 5.55. The topological polar surface area (TPSA) is 61.4 Å². The van der Waals surface area contributed by atoms with Gasteiger partial charge >= 0.3 is 0 Å². The summed E-state index contributed by atoms with van der Waals surface area (Å²) in [7, 11) is 0. The summed E-state index contributed by atoms with van der Waals surface area (Å²) in [5.74, 6) is -0.601. The van der Waals surface area contributed by atoms with Crippen LogP contribution < -0.4 is 10.6 Å². The number of nitrogens with one attached hydrogen (secondary N) is 2. The highest BCUT2D eigenvalue weighted by Crippen LogP contribution is 2.32. The lowest BCUT2D eigenvalue weighted by atomic mass is 9.89. The first-order valence-corrected chi connectivity index (χ1v) is 9.68. The number of fused-ring (bicyclic) bond motifs is 1. The summed E-state index contributed by atoms with van der Waals surface area (Å²) in [6.45, 7) is 2.68.